The van der Waals surface area contributed by atoms with Gasteiger partial charge in [0.25, 0.3) is 0 Å². The van der Waals surface area contributed by atoms with Crippen molar-refractivity contribution in [2.45, 2.75) is 6.17 Å². The molecule has 9 heteroatoms. The molecule has 1 rings (SSSR count). The number of hydrogen-bond acceptors (Lipinski definition) is 4. The third-order valence-electron chi connectivity index (χ3n) is 2.02. The van der Waals surface area contributed by atoms with E-state index in [0.717, 1.165) is 6.07 Å². The molecule has 0 N–H and O–H groups in total. The monoisotopic (exact) mass is 313 g/mol. The van der Waals surface area contributed by atoms with Crippen LogP contribution in [0.3, 0.4) is 0 Å². The summed E-state index contributed by atoms with van der Waals surface area (Å²) in [5, 5.41) is 12.5. The van der Waals surface area contributed by atoms with Gasteiger partial charge < -0.3 is 9.90 Å². The average Bonchev–Trinajstić information content (AvgIpc) is 2.29. The van der Waals surface area contributed by atoms with Gasteiger partial charge >= 0.3 is 0 Å². The maximum atomic E-state index is 13.8. The minimum atomic E-state index is -1.91. The average molecular weight is 315 g/mol. The zero-order valence-corrected chi connectivity index (χ0v) is 10.8. The zero-order chi connectivity index (χ0) is 13.9. The lowest BCUT2D eigenvalue weighted by Crippen LogP contribution is -2.39. The number of carboxylic acid groups (broad SMARTS) is 1. The minimum Gasteiger partial charge on any atom is -0.529 e. The van der Waals surface area contributed by atoms with Crippen molar-refractivity contribution in [1.29, 1.82) is 0 Å². The van der Waals surface area contributed by atoms with Crippen molar-refractivity contribution < 1.29 is 14.3 Å². The van der Waals surface area contributed by atoms with Crippen molar-refractivity contribution in [2.24, 2.45) is 5.29 Å². The van der Waals surface area contributed by atoms with E-state index in [4.69, 9.17) is 34.8 Å². The summed E-state index contributed by atoms with van der Waals surface area (Å²) in [6.45, 7) is -0.844. The molecular weight excluding hydrogens is 309 g/mol. The highest BCUT2D eigenvalue weighted by molar-refractivity contribution is 6.43. The SMILES string of the molecule is O=NN(CC(F)c1cc(Cl)c(Cl)cc1Cl)C(=O)[O-]. The summed E-state index contributed by atoms with van der Waals surface area (Å²) in [5.74, 6) is 0. The van der Waals surface area contributed by atoms with Crippen LogP contribution in [0.2, 0.25) is 15.1 Å². The lowest BCUT2D eigenvalue weighted by Gasteiger charge is -2.19. The molecule has 1 unspecified atom stereocenters. The zero-order valence-electron chi connectivity index (χ0n) is 8.57. The number of rotatable bonds is 4. The Kier molecular flexibility index (Phi) is 5.13. The molecule has 0 heterocycles. The summed E-state index contributed by atoms with van der Waals surface area (Å²) in [4.78, 5) is 20.5. The van der Waals surface area contributed by atoms with Crippen LogP contribution in [0.4, 0.5) is 9.18 Å². The Balaban J connectivity index is 2.97. The number of nitroso groups, excluding NO2 is 1. The normalized spacial score (nSPS) is 12.0. The summed E-state index contributed by atoms with van der Waals surface area (Å²) in [5.41, 5.74) is -0.0963. The lowest BCUT2D eigenvalue weighted by atomic mass is 10.1. The number of carbonyl (C=O) groups excluding carboxylic acids is 1. The highest BCUT2D eigenvalue weighted by Crippen LogP contribution is 2.34. The number of amides is 1. The first-order valence-electron chi connectivity index (χ1n) is 4.47. The van der Waals surface area contributed by atoms with Gasteiger partial charge in [-0.05, 0) is 12.1 Å². The molecule has 0 spiro atoms. The first-order chi connectivity index (χ1) is 8.36. The third-order valence-corrected chi connectivity index (χ3v) is 3.07. The molecular formula is C9H5Cl3FN2O3-. The first kappa shape index (κ1) is 14.9. The molecule has 1 aromatic rings. The molecule has 0 radical (unpaired) electrons. The van der Waals surface area contributed by atoms with Crippen molar-refractivity contribution in [3.8, 4) is 0 Å². The van der Waals surface area contributed by atoms with Crippen LogP contribution in [0, 0.1) is 4.91 Å². The van der Waals surface area contributed by atoms with Gasteiger partial charge in [0.05, 0.1) is 21.9 Å². The van der Waals surface area contributed by atoms with Gasteiger partial charge in [0.15, 0.2) is 6.09 Å². The Morgan fingerprint density at radius 3 is 2.39 bits per heavy atom. The number of alkyl halides is 1. The van der Waals surface area contributed by atoms with E-state index in [1.807, 2.05) is 0 Å². The second-order valence-electron chi connectivity index (χ2n) is 3.19. The number of benzene rings is 1. The van der Waals surface area contributed by atoms with Crippen LogP contribution in [-0.2, 0) is 0 Å². The number of hydrogen-bond donors (Lipinski definition) is 0. The highest BCUT2D eigenvalue weighted by atomic mass is 35.5. The van der Waals surface area contributed by atoms with Crippen molar-refractivity contribution in [3.05, 3.63) is 37.7 Å². The van der Waals surface area contributed by atoms with Crippen LogP contribution in [0.25, 0.3) is 0 Å². The summed E-state index contributed by atoms with van der Waals surface area (Å²) in [6.07, 6.45) is -3.80. The molecule has 1 amide bonds. The number of carbonyl (C=O) groups is 1. The fraction of sp³-hybridized carbons (Fsp3) is 0.222. The molecule has 18 heavy (non-hydrogen) atoms. The van der Waals surface area contributed by atoms with Crippen LogP contribution >= 0.6 is 34.8 Å². The van der Waals surface area contributed by atoms with Crippen molar-refractivity contribution in [1.82, 2.24) is 5.01 Å². The second-order valence-corrected chi connectivity index (χ2v) is 4.41. The van der Waals surface area contributed by atoms with Gasteiger partial charge in [-0.3, -0.25) is 0 Å². The van der Waals surface area contributed by atoms with Crippen molar-refractivity contribution in [3.63, 3.8) is 0 Å². The van der Waals surface area contributed by atoms with Crippen molar-refractivity contribution in [2.75, 3.05) is 6.54 Å². The van der Waals surface area contributed by atoms with Gasteiger partial charge in [-0.1, -0.05) is 34.8 Å². The Hall–Kier alpha value is -1.11. The Morgan fingerprint density at radius 1 is 1.33 bits per heavy atom. The van der Waals surface area contributed by atoms with Gasteiger partial charge in [-0.2, -0.15) is 0 Å². The number of halogens is 4. The molecule has 0 bridgehead atoms. The predicted molar refractivity (Wildman–Crippen MR) is 63.2 cm³/mol. The quantitative estimate of drug-likeness (QED) is 0.487. The van der Waals surface area contributed by atoms with Gasteiger partial charge in [-0.25, -0.2) is 9.40 Å². The van der Waals surface area contributed by atoms with Crippen molar-refractivity contribution >= 4 is 40.9 Å². The fourth-order valence-corrected chi connectivity index (χ4v) is 1.84. The van der Waals surface area contributed by atoms with E-state index in [1.54, 1.807) is 0 Å². The largest absolute Gasteiger partial charge is 0.529 e. The van der Waals surface area contributed by atoms with Gasteiger partial charge in [0.2, 0.25) is 0 Å². The predicted octanol–water partition coefficient (Wildman–Crippen LogP) is 2.98. The maximum Gasteiger partial charge on any atom is 0.161 e. The van der Waals surface area contributed by atoms with E-state index in [2.05, 4.69) is 5.29 Å². The van der Waals surface area contributed by atoms with E-state index in [0.29, 0.717) is 0 Å². The number of nitrogens with zero attached hydrogens (tertiary/aromatic N) is 2. The van der Waals surface area contributed by atoms with Gasteiger partial charge in [0.1, 0.15) is 6.17 Å². The van der Waals surface area contributed by atoms with Crippen LogP contribution in [0.1, 0.15) is 11.7 Å². The molecule has 0 aliphatic carbocycles. The topological polar surface area (TPSA) is 72.8 Å². The van der Waals surface area contributed by atoms with Gasteiger partial charge in [-0.15, -0.1) is 4.91 Å². The van der Waals surface area contributed by atoms with Crippen LogP contribution < -0.4 is 5.11 Å². The molecule has 5 nitrogen and oxygen atoms in total. The minimum absolute atomic E-state index is 0.0407. The molecule has 1 atom stereocenters. The second kappa shape index (κ2) is 6.17. The molecule has 0 aliphatic rings. The summed E-state index contributed by atoms with van der Waals surface area (Å²) in [6, 6.07) is 2.36. The Bertz CT molecular complexity index is 486. The van der Waals surface area contributed by atoms with Crippen LogP contribution in [0.15, 0.2) is 17.4 Å². The fourth-order valence-electron chi connectivity index (χ4n) is 1.17. The standard InChI is InChI=1S/C9H6Cl3FN2O3/c10-5-2-7(12)6(11)1-4(5)8(13)3-15(14-18)9(16)17/h1-2,8H,3H2,(H,16,17)/p-1. The molecule has 1 aromatic carbocycles. The Labute approximate surface area is 116 Å². The lowest BCUT2D eigenvalue weighted by molar-refractivity contribution is -0.266. The van der Waals surface area contributed by atoms with Crippen LogP contribution in [-0.4, -0.2) is 17.6 Å². The van der Waals surface area contributed by atoms with E-state index < -0.39 is 18.8 Å². The summed E-state index contributed by atoms with van der Waals surface area (Å²) >= 11 is 17.1. The highest BCUT2D eigenvalue weighted by Gasteiger charge is 2.20. The Morgan fingerprint density at radius 2 is 1.89 bits per heavy atom. The summed E-state index contributed by atoms with van der Waals surface area (Å²) < 4.78 is 13.8. The molecule has 0 saturated heterocycles. The van der Waals surface area contributed by atoms with E-state index in [9.17, 15) is 19.2 Å². The van der Waals surface area contributed by atoms with E-state index in [-0.39, 0.29) is 25.6 Å². The molecule has 0 aliphatic heterocycles. The molecule has 0 aromatic heterocycles. The third kappa shape index (κ3) is 3.44. The first-order valence-corrected chi connectivity index (χ1v) is 5.60. The summed E-state index contributed by atoms with van der Waals surface area (Å²) in [7, 11) is 0. The maximum absolute atomic E-state index is 13.8. The van der Waals surface area contributed by atoms with E-state index in [1.165, 1.54) is 6.07 Å². The molecule has 0 fully saturated rings. The van der Waals surface area contributed by atoms with Crippen LogP contribution in [0.5, 0.6) is 0 Å². The van der Waals surface area contributed by atoms with Gasteiger partial charge in [0, 0.05) is 10.6 Å². The smallest absolute Gasteiger partial charge is 0.161 e. The molecule has 0 saturated carbocycles. The van der Waals surface area contributed by atoms with E-state index >= 15 is 0 Å². The molecule has 98 valence electrons.